The molecule has 1 fully saturated rings. The maximum atomic E-state index is 9.78. The minimum absolute atomic E-state index is 0.0497. The zero-order valence-electron chi connectivity index (χ0n) is 20.3. The number of hydrogen-bond acceptors (Lipinski definition) is 7. The summed E-state index contributed by atoms with van der Waals surface area (Å²) in [6.45, 7) is 8.01. The second kappa shape index (κ2) is 10.8. The zero-order valence-corrected chi connectivity index (χ0v) is 20.3. The number of fused-ring (bicyclic) bond motifs is 1. The Hall–Kier alpha value is -2.25. The molecule has 0 spiro atoms. The van der Waals surface area contributed by atoms with Crippen LogP contribution in [0.5, 0.6) is 0 Å². The first kappa shape index (κ1) is 23.9. The molecule has 0 amide bonds. The molecule has 3 N–H and O–H groups in total. The van der Waals surface area contributed by atoms with E-state index in [1.54, 1.807) is 6.20 Å². The zero-order chi connectivity index (χ0) is 23.3. The van der Waals surface area contributed by atoms with E-state index in [9.17, 15) is 5.11 Å². The number of pyridine rings is 1. The number of anilines is 2. The Kier molecular flexibility index (Phi) is 7.81. The van der Waals surface area contributed by atoms with Gasteiger partial charge in [-0.3, -0.25) is 0 Å². The number of aryl methyl sites for hydroxylation is 2. The van der Waals surface area contributed by atoms with E-state index < -0.39 is 0 Å². The number of aliphatic hydroxyl groups is 1. The van der Waals surface area contributed by atoms with E-state index in [0.29, 0.717) is 12.7 Å². The van der Waals surface area contributed by atoms with E-state index in [-0.39, 0.29) is 18.1 Å². The summed E-state index contributed by atoms with van der Waals surface area (Å²) in [5, 5.41) is 16.5. The van der Waals surface area contributed by atoms with Gasteiger partial charge in [0.1, 0.15) is 17.5 Å². The van der Waals surface area contributed by atoms with Crippen LogP contribution in [0.2, 0.25) is 0 Å². The van der Waals surface area contributed by atoms with Gasteiger partial charge >= 0.3 is 0 Å². The van der Waals surface area contributed by atoms with Crippen LogP contribution in [-0.4, -0.2) is 52.0 Å². The number of hydrogen-bond donors (Lipinski definition) is 3. The van der Waals surface area contributed by atoms with Crippen molar-refractivity contribution in [2.45, 2.75) is 83.3 Å². The van der Waals surface area contributed by atoms with Crippen molar-refractivity contribution in [3.05, 3.63) is 41.5 Å². The Balaban J connectivity index is 1.13. The van der Waals surface area contributed by atoms with Gasteiger partial charge in [0.2, 0.25) is 0 Å². The standard InChI is InChI=1S/C26H39N5O2/c1-26(2,3)25-28-13-10-23(31-25)29-21(17-32)11-14-33-22-15-18(16-22)6-8-20-9-7-19-5-4-12-27-24(19)30-20/h7,9-10,13,18,21-22,32H,4-6,8,11-12,14-17H2,1-3H3,(H,27,30)(H,28,29,31). The first-order chi connectivity index (χ1) is 15.9. The van der Waals surface area contributed by atoms with Crippen LogP contribution in [0.3, 0.4) is 0 Å². The molecule has 1 aliphatic heterocycles. The van der Waals surface area contributed by atoms with Gasteiger partial charge < -0.3 is 20.5 Å². The SMILES string of the molecule is CC(C)(C)c1nccc(NC(CO)CCOC2CC(CCc3ccc4c(n3)NCCC4)C2)n1. The van der Waals surface area contributed by atoms with Gasteiger partial charge in [0.15, 0.2) is 0 Å². The molecule has 1 unspecified atom stereocenters. The third kappa shape index (κ3) is 6.64. The second-order valence-electron chi connectivity index (χ2n) is 10.5. The fraction of sp³-hybridized carbons (Fsp3) is 0.654. The molecule has 2 aromatic heterocycles. The molecule has 1 atom stereocenters. The molecular weight excluding hydrogens is 414 g/mol. The molecule has 0 aromatic carbocycles. The molecule has 1 aliphatic carbocycles. The lowest BCUT2D eigenvalue weighted by Gasteiger charge is -2.35. The highest BCUT2D eigenvalue weighted by molar-refractivity contribution is 5.47. The fourth-order valence-corrected chi connectivity index (χ4v) is 4.50. The molecular formula is C26H39N5O2. The van der Waals surface area contributed by atoms with E-state index in [1.165, 1.54) is 24.1 Å². The van der Waals surface area contributed by atoms with Crippen LogP contribution in [0.1, 0.15) is 70.0 Å². The highest BCUT2D eigenvalue weighted by Crippen LogP contribution is 2.34. The summed E-state index contributed by atoms with van der Waals surface area (Å²) >= 11 is 0. The maximum Gasteiger partial charge on any atom is 0.135 e. The third-order valence-corrected chi connectivity index (χ3v) is 6.67. The first-order valence-electron chi connectivity index (χ1n) is 12.5. The molecule has 2 aliphatic rings. The Bertz CT molecular complexity index is 908. The quantitative estimate of drug-likeness (QED) is 0.498. The molecule has 7 nitrogen and oxygen atoms in total. The molecule has 0 bridgehead atoms. The highest BCUT2D eigenvalue weighted by atomic mass is 16.5. The van der Waals surface area contributed by atoms with E-state index in [1.807, 2.05) is 6.07 Å². The van der Waals surface area contributed by atoms with Crippen molar-refractivity contribution in [2.75, 3.05) is 30.4 Å². The molecule has 7 heteroatoms. The number of nitrogens with zero attached hydrogens (tertiary/aromatic N) is 3. The molecule has 2 aromatic rings. The number of nitrogens with one attached hydrogen (secondary N) is 2. The third-order valence-electron chi connectivity index (χ3n) is 6.67. The average molecular weight is 454 g/mol. The summed E-state index contributed by atoms with van der Waals surface area (Å²) in [6.07, 6.45) is 9.67. The van der Waals surface area contributed by atoms with Crippen LogP contribution in [0.4, 0.5) is 11.6 Å². The normalized spacial score (nSPS) is 21.0. The number of rotatable bonds is 10. The number of aliphatic hydroxyl groups excluding tert-OH is 1. The van der Waals surface area contributed by atoms with Gasteiger partial charge in [-0.2, -0.15) is 0 Å². The minimum atomic E-state index is -0.108. The van der Waals surface area contributed by atoms with Crippen LogP contribution >= 0.6 is 0 Å². The van der Waals surface area contributed by atoms with Crippen molar-refractivity contribution in [1.82, 2.24) is 15.0 Å². The van der Waals surface area contributed by atoms with Gasteiger partial charge in [0, 0.05) is 30.5 Å². The number of ether oxygens (including phenoxy) is 1. The highest BCUT2D eigenvalue weighted by Gasteiger charge is 2.29. The van der Waals surface area contributed by atoms with Gasteiger partial charge in [-0.15, -0.1) is 0 Å². The first-order valence-corrected chi connectivity index (χ1v) is 12.5. The summed E-state index contributed by atoms with van der Waals surface area (Å²) < 4.78 is 6.07. The van der Waals surface area contributed by atoms with Gasteiger partial charge in [-0.1, -0.05) is 26.8 Å². The molecule has 1 saturated carbocycles. The molecule has 3 heterocycles. The summed E-state index contributed by atoms with van der Waals surface area (Å²) in [4.78, 5) is 13.8. The molecule has 0 radical (unpaired) electrons. The summed E-state index contributed by atoms with van der Waals surface area (Å²) in [5.41, 5.74) is 2.44. The van der Waals surface area contributed by atoms with Crippen LogP contribution < -0.4 is 10.6 Å². The van der Waals surface area contributed by atoms with Crippen molar-refractivity contribution in [3.63, 3.8) is 0 Å². The topological polar surface area (TPSA) is 92.2 Å². The van der Waals surface area contributed by atoms with E-state index >= 15 is 0 Å². The molecule has 0 saturated heterocycles. The second-order valence-corrected chi connectivity index (χ2v) is 10.5. The molecule has 33 heavy (non-hydrogen) atoms. The van der Waals surface area contributed by atoms with Crippen molar-refractivity contribution < 1.29 is 9.84 Å². The van der Waals surface area contributed by atoms with Crippen LogP contribution in [0.15, 0.2) is 24.4 Å². The Morgan fingerprint density at radius 3 is 2.85 bits per heavy atom. The smallest absolute Gasteiger partial charge is 0.135 e. The summed E-state index contributed by atoms with van der Waals surface area (Å²) in [7, 11) is 0. The van der Waals surface area contributed by atoms with Crippen molar-refractivity contribution in [2.24, 2.45) is 5.92 Å². The Morgan fingerprint density at radius 2 is 2.06 bits per heavy atom. The lowest BCUT2D eigenvalue weighted by molar-refractivity contribution is -0.0351. The van der Waals surface area contributed by atoms with E-state index in [2.05, 4.69) is 53.5 Å². The predicted octanol–water partition coefficient (Wildman–Crippen LogP) is 4.12. The van der Waals surface area contributed by atoms with Crippen LogP contribution in [-0.2, 0) is 23.0 Å². The number of aromatic nitrogens is 3. The van der Waals surface area contributed by atoms with Gasteiger partial charge in [0.05, 0.1) is 18.8 Å². The fourth-order valence-electron chi connectivity index (χ4n) is 4.50. The monoisotopic (exact) mass is 453 g/mol. The van der Waals surface area contributed by atoms with Crippen molar-refractivity contribution >= 4 is 11.6 Å². The minimum Gasteiger partial charge on any atom is -0.394 e. The molecule has 4 rings (SSSR count). The Morgan fingerprint density at radius 1 is 1.21 bits per heavy atom. The predicted molar refractivity (Wildman–Crippen MR) is 132 cm³/mol. The molecule has 180 valence electrons. The summed E-state index contributed by atoms with van der Waals surface area (Å²) in [6, 6.07) is 6.21. The van der Waals surface area contributed by atoms with E-state index in [0.717, 1.165) is 62.0 Å². The largest absolute Gasteiger partial charge is 0.394 e. The van der Waals surface area contributed by atoms with Gasteiger partial charge in [-0.05, 0) is 68.6 Å². The average Bonchev–Trinajstić information content (AvgIpc) is 2.78. The van der Waals surface area contributed by atoms with E-state index in [4.69, 9.17) is 9.72 Å². The van der Waals surface area contributed by atoms with Gasteiger partial charge in [-0.25, -0.2) is 15.0 Å². The lowest BCUT2D eigenvalue weighted by atomic mass is 9.79. The maximum absolute atomic E-state index is 9.78. The van der Waals surface area contributed by atoms with Crippen molar-refractivity contribution in [3.8, 4) is 0 Å². The Labute approximate surface area is 197 Å². The van der Waals surface area contributed by atoms with Crippen LogP contribution in [0.25, 0.3) is 0 Å². The van der Waals surface area contributed by atoms with Crippen LogP contribution in [0, 0.1) is 5.92 Å². The van der Waals surface area contributed by atoms with Gasteiger partial charge in [0.25, 0.3) is 0 Å². The summed E-state index contributed by atoms with van der Waals surface area (Å²) in [5.74, 6) is 3.37. The van der Waals surface area contributed by atoms with Crippen molar-refractivity contribution in [1.29, 1.82) is 0 Å². The lowest BCUT2D eigenvalue weighted by Crippen LogP contribution is -2.33.